The average Bonchev–Trinajstić information content (AvgIpc) is 2.85. The molecule has 0 aromatic carbocycles. The predicted octanol–water partition coefficient (Wildman–Crippen LogP) is -0.216. The third kappa shape index (κ3) is 3.79. The SMILES string of the molecule is CNCC1CCCCN1S(=O)(=O)NC(C)c1nncn1C. The topological polar surface area (TPSA) is 92.2 Å². The summed E-state index contributed by atoms with van der Waals surface area (Å²) >= 11 is 0. The van der Waals surface area contributed by atoms with E-state index in [1.807, 2.05) is 7.05 Å². The Labute approximate surface area is 126 Å². The maximum Gasteiger partial charge on any atom is 0.280 e. The minimum Gasteiger partial charge on any atom is -0.319 e. The van der Waals surface area contributed by atoms with E-state index < -0.39 is 16.3 Å². The quantitative estimate of drug-likeness (QED) is 0.757. The van der Waals surface area contributed by atoms with E-state index in [0.717, 1.165) is 19.3 Å². The van der Waals surface area contributed by atoms with E-state index in [4.69, 9.17) is 0 Å². The van der Waals surface area contributed by atoms with Crippen LogP contribution in [0.3, 0.4) is 0 Å². The Morgan fingerprint density at radius 1 is 1.48 bits per heavy atom. The lowest BCUT2D eigenvalue weighted by molar-refractivity contribution is 0.244. The molecule has 1 aromatic heterocycles. The highest BCUT2D eigenvalue weighted by molar-refractivity contribution is 7.87. The molecule has 21 heavy (non-hydrogen) atoms. The maximum atomic E-state index is 12.6. The van der Waals surface area contributed by atoms with E-state index in [1.54, 1.807) is 29.2 Å². The van der Waals surface area contributed by atoms with Gasteiger partial charge < -0.3 is 9.88 Å². The molecule has 120 valence electrons. The molecule has 0 spiro atoms. The Bertz CT molecular complexity index is 556. The molecule has 1 aliphatic heterocycles. The van der Waals surface area contributed by atoms with Crippen molar-refractivity contribution in [2.75, 3.05) is 20.1 Å². The highest BCUT2D eigenvalue weighted by Crippen LogP contribution is 2.21. The fourth-order valence-electron chi connectivity index (χ4n) is 2.76. The number of nitrogens with one attached hydrogen (secondary N) is 2. The molecule has 0 bridgehead atoms. The molecule has 2 rings (SSSR count). The van der Waals surface area contributed by atoms with Crippen molar-refractivity contribution in [3.8, 4) is 0 Å². The van der Waals surface area contributed by atoms with Crippen LogP contribution < -0.4 is 10.0 Å². The molecule has 8 nitrogen and oxygen atoms in total. The number of piperidine rings is 1. The van der Waals surface area contributed by atoms with Gasteiger partial charge in [-0.3, -0.25) is 0 Å². The lowest BCUT2D eigenvalue weighted by Gasteiger charge is -2.35. The zero-order chi connectivity index (χ0) is 15.5. The number of hydrogen-bond acceptors (Lipinski definition) is 5. The first-order valence-corrected chi connectivity index (χ1v) is 8.67. The van der Waals surface area contributed by atoms with Crippen LogP contribution in [-0.4, -0.2) is 53.7 Å². The summed E-state index contributed by atoms with van der Waals surface area (Å²) in [6.07, 6.45) is 4.42. The summed E-state index contributed by atoms with van der Waals surface area (Å²) in [5.74, 6) is 0.598. The van der Waals surface area contributed by atoms with Crippen LogP contribution in [0, 0.1) is 0 Å². The van der Waals surface area contributed by atoms with Gasteiger partial charge in [-0.25, -0.2) is 0 Å². The van der Waals surface area contributed by atoms with Gasteiger partial charge in [0.25, 0.3) is 10.2 Å². The molecular weight excluding hydrogens is 292 g/mol. The molecule has 1 saturated heterocycles. The molecule has 9 heteroatoms. The normalized spacial score (nSPS) is 22.3. The van der Waals surface area contributed by atoms with Gasteiger partial charge in [-0.2, -0.15) is 17.4 Å². The molecular formula is C12H24N6O2S. The number of likely N-dealkylation sites (N-methyl/N-ethyl adjacent to an activating group) is 1. The first-order valence-electron chi connectivity index (χ1n) is 7.23. The van der Waals surface area contributed by atoms with Crippen LogP contribution in [0.1, 0.15) is 38.1 Å². The van der Waals surface area contributed by atoms with Crippen LogP contribution in [0.2, 0.25) is 0 Å². The molecule has 2 N–H and O–H groups in total. The van der Waals surface area contributed by atoms with Gasteiger partial charge in [0.1, 0.15) is 6.33 Å². The molecule has 0 amide bonds. The second-order valence-electron chi connectivity index (χ2n) is 5.46. The molecule has 1 aliphatic rings. The van der Waals surface area contributed by atoms with Crippen LogP contribution in [-0.2, 0) is 17.3 Å². The van der Waals surface area contributed by atoms with Crippen LogP contribution >= 0.6 is 0 Å². The minimum atomic E-state index is -3.53. The number of rotatable bonds is 6. The monoisotopic (exact) mass is 316 g/mol. The highest BCUT2D eigenvalue weighted by Gasteiger charge is 2.33. The fourth-order valence-corrected chi connectivity index (χ4v) is 4.39. The van der Waals surface area contributed by atoms with Gasteiger partial charge in [0.2, 0.25) is 0 Å². The molecule has 1 fully saturated rings. The molecule has 2 atom stereocenters. The van der Waals surface area contributed by atoms with E-state index in [9.17, 15) is 8.42 Å². The van der Waals surface area contributed by atoms with Crippen LogP contribution in [0.4, 0.5) is 0 Å². The molecule has 1 aromatic rings. The van der Waals surface area contributed by atoms with Crippen molar-refractivity contribution in [3.63, 3.8) is 0 Å². The summed E-state index contributed by atoms with van der Waals surface area (Å²) in [4.78, 5) is 0. The Balaban J connectivity index is 2.11. The molecule has 2 heterocycles. The van der Waals surface area contributed by atoms with Gasteiger partial charge in [0.15, 0.2) is 5.82 Å². The molecule has 0 saturated carbocycles. The summed E-state index contributed by atoms with van der Waals surface area (Å²) in [6.45, 7) is 3.01. The largest absolute Gasteiger partial charge is 0.319 e. The Morgan fingerprint density at radius 2 is 2.24 bits per heavy atom. The summed E-state index contributed by atoms with van der Waals surface area (Å²) in [7, 11) is 0.104. The maximum absolute atomic E-state index is 12.6. The number of nitrogens with zero attached hydrogens (tertiary/aromatic N) is 4. The van der Waals surface area contributed by atoms with Crippen molar-refractivity contribution >= 4 is 10.2 Å². The Morgan fingerprint density at radius 3 is 2.86 bits per heavy atom. The third-order valence-corrected chi connectivity index (χ3v) is 5.53. The van der Waals surface area contributed by atoms with Crippen molar-refractivity contribution in [1.29, 1.82) is 0 Å². The third-order valence-electron chi connectivity index (χ3n) is 3.78. The van der Waals surface area contributed by atoms with E-state index >= 15 is 0 Å². The van der Waals surface area contributed by atoms with E-state index in [-0.39, 0.29) is 6.04 Å². The lowest BCUT2D eigenvalue weighted by atomic mass is 10.1. The van der Waals surface area contributed by atoms with E-state index in [2.05, 4.69) is 20.2 Å². The van der Waals surface area contributed by atoms with Crippen molar-refractivity contribution in [2.45, 2.75) is 38.3 Å². The number of aromatic nitrogens is 3. The standard InChI is InChI=1S/C12H24N6O2S/c1-10(12-15-14-9-17(12)3)16-21(19,20)18-7-5-4-6-11(18)8-13-2/h9-11,13,16H,4-8H2,1-3H3. The van der Waals surface area contributed by atoms with Gasteiger partial charge in [0.05, 0.1) is 6.04 Å². The van der Waals surface area contributed by atoms with E-state index in [1.165, 1.54) is 0 Å². The van der Waals surface area contributed by atoms with Crippen LogP contribution in [0.5, 0.6) is 0 Å². The highest BCUT2D eigenvalue weighted by atomic mass is 32.2. The zero-order valence-corrected chi connectivity index (χ0v) is 13.6. The van der Waals surface area contributed by atoms with Gasteiger partial charge in [-0.1, -0.05) is 6.42 Å². The molecule has 0 aliphatic carbocycles. The molecule has 0 radical (unpaired) electrons. The van der Waals surface area contributed by atoms with Crippen molar-refractivity contribution in [3.05, 3.63) is 12.2 Å². The fraction of sp³-hybridized carbons (Fsp3) is 0.833. The predicted molar refractivity (Wildman–Crippen MR) is 79.7 cm³/mol. The Kier molecular flexibility index (Phi) is 5.31. The summed E-state index contributed by atoms with van der Waals surface area (Å²) in [5.41, 5.74) is 0. The number of aryl methyl sites for hydroxylation is 1. The first-order chi connectivity index (χ1) is 9.95. The van der Waals surface area contributed by atoms with Crippen molar-refractivity contribution < 1.29 is 8.42 Å². The lowest BCUT2D eigenvalue weighted by Crippen LogP contribution is -2.52. The summed E-state index contributed by atoms with van der Waals surface area (Å²) in [6, 6.07) is -0.410. The van der Waals surface area contributed by atoms with Crippen LogP contribution in [0.25, 0.3) is 0 Å². The minimum absolute atomic E-state index is 0.00736. The number of hydrogen-bond donors (Lipinski definition) is 2. The van der Waals surface area contributed by atoms with Gasteiger partial charge in [0, 0.05) is 26.2 Å². The zero-order valence-electron chi connectivity index (χ0n) is 12.8. The van der Waals surface area contributed by atoms with Crippen molar-refractivity contribution in [1.82, 2.24) is 29.1 Å². The van der Waals surface area contributed by atoms with Gasteiger partial charge in [-0.05, 0) is 26.8 Å². The average molecular weight is 316 g/mol. The van der Waals surface area contributed by atoms with Gasteiger partial charge in [-0.15, -0.1) is 10.2 Å². The Hall–Kier alpha value is -1.03. The summed E-state index contributed by atoms with van der Waals surface area (Å²) < 4.78 is 31.2. The van der Waals surface area contributed by atoms with Crippen molar-refractivity contribution in [2.24, 2.45) is 7.05 Å². The van der Waals surface area contributed by atoms with E-state index in [0.29, 0.717) is 18.9 Å². The summed E-state index contributed by atoms with van der Waals surface area (Å²) in [5, 5.41) is 10.8. The smallest absolute Gasteiger partial charge is 0.280 e. The van der Waals surface area contributed by atoms with Gasteiger partial charge >= 0.3 is 0 Å². The first kappa shape index (κ1) is 16.3. The van der Waals surface area contributed by atoms with Crippen LogP contribution in [0.15, 0.2) is 6.33 Å². The second-order valence-corrected chi connectivity index (χ2v) is 7.12. The second kappa shape index (κ2) is 6.82. The molecule has 2 unspecified atom stereocenters.